The summed E-state index contributed by atoms with van der Waals surface area (Å²) in [5.74, 6) is 0.500. The van der Waals surface area contributed by atoms with E-state index in [4.69, 9.17) is 4.74 Å². The molecule has 0 saturated heterocycles. The first-order valence-corrected chi connectivity index (χ1v) is 10.7. The van der Waals surface area contributed by atoms with Crippen LogP contribution in [0.2, 0.25) is 0 Å². The van der Waals surface area contributed by atoms with Crippen molar-refractivity contribution in [1.29, 1.82) is 0 Å². The van der Waals surface area contributed by atoms with Crippen LogP contribution in [-0.4, -0.2) is 53.8 Å². The zero-order valence-corrected chi connectivity index (χ0v) is 19.7. The summed E-state index contributed by atoms with van der Waals surface area (Å²) in [5.41, 5.74) is 3.49. The Morgan fingerprint density at radius 1 is 1.19 bits per heavy atom. The minimum atomic E-state index is -0.385. The fourth-order valence-corrected chi connectivity index (χ4v) is 3.53. The minimum Gasteiger partial charge on any atom is -0.497 e. The van der Waals surface area contributed by atoms with Crippen LogP contribution in [0.5, 0.6) is 5.75 Å². The van der Waals surface area contributed by atoms with Gasteiger partial charge in [0.15, 0.2) is 0 Å². The van der Waals surface area contributed by atoms with Crippen molar-refractivity contribution in [3.63, 3.8) is 0 Å². The van der Waals surface area contributed by atoms with Crippen LogP contribution in [0.3, 0.4) is 0 Å². The second-order valence-electron chi connectivity index (χ2n) is 9.18. The fourth-order valence-electron chi connectivity index (χ4n) is 3.53. The third-order valence-corrected chi connectivity index (χ3v) is 5.23. The highest BCUT2D eigenvalue weighted by molar-refractivity contribution is 6.03. The summed E-state index contributed by atoms with van der Waals surface area (Å²) in [6, 6.07) is 15.3. The molecule has 0 spiro atoms. The Balaban J connectivity index is 1.86. The third-order valence-electron chi connectivity index (χ3n) is 5.23. The number of likely N-dealkylation sites (N-methyl/N-ethyl adjacent to an activating group) is 1. The van der Waals surface area contributed by atoms with Gasteiger partial charge in [-0.05, 0) is 45.4 Å². The zero-order valence-electron chi connectivity index (χ0n) is 19.7. The number of ether oxygens (including phenoxy) is 1. The van der Waals surface area contributed by atoms with Gasteiger partial charge < -0.3 is 15.0 Å². The number of hydrazone groups is 1. The second-order valence-corrected chi connectivity index (χ2v) is 9.18. The van der Waals surface area contributed by atoms with Crippen LogP contribution in [-0.2, 0) is 4.79 Å². The van der Waals surface area contributed by atoms with Crippen LogP contribution >= 0.6 is 0 Å². The molecule has 0 bridgehead atoms. The monoisotopic (exact) mass is 436 g/mol. The Bertz CT molecular complexity index is 1010. The van der Waals surface area contributed by atoms with E-state index in [1.807, 2.05) is 76.2 Å². The Morgan fingerprint density at radius 2 is 1.88 bits per heavy atom. The lowest BCUT2D eigenvalue weighted by molar-refractivity contribution is -0.133. The molecule has 1 aliphatic heterocycles. The van der Waals surface area contributed by atoms with Gasteiger partial charge in [-0.3, -0.25) is 4.79 Å². The first kappa shape index (κ1) is 23.3. The quantitative estimate of drug-likeness (QED) is 0.766. The number of nitrogens with zero attached hydrogens (tertiary/aromatic N) is 3. The van der Waals surface area contributed by atoms with Crippen LogP contribution in [0.4, 0.5) is 4.79 Å². The van der Waals surface area contributed by atoms with Gasteiger partial charge in [-0.25, -0.2) is 9.80 Å². The molecule has 0 saturated carbocycles. The zero-order chi connectivity index (χ0) is 23.5. The number of nitrogens with one attached hydrogen (secondary N) is 1. The topological polar surface area (TPSA) is 74.2 Å². The van der Waals surface area contributed by atoms with Gasteiger partial charge in [-0.1, -0.05) is 42.0 Å². The molecule has 2 aromatic carbocycles. The molecule has 3 amide bonds. The summed E-state index contributed by atoms with van der Waals surface area (Å²) in [7, 11) is 3.24. The van der Waals surface area contributed by atoms with E-state index < -0.39 is 0 Å². The van der Waals surface area contributed by atoms with E-state index in [1.165, 1.54) is 9.91 Å². The lowest BCUT2D eigenvalue weighted by Crippen LogP contribution is -2.49. The number of carbonyl (C=O) groups is 2. The summed E-state index contributed by atoms with van der Waals surface area (Å²) < 4.78 is 5.35. The standard InChI is InChI=1S/C25H32N4O3/c1-17-10-12-18(13-11-17)22-15-21(19-8-7-9-20(14-19)32-6)27-29(22)23(30)16-28(5)24(31)26-25(2,3)4/h7-14,22H,15-16H2,1-6H3,(H,26,31)/t22-/m1/s1. The Kier molecular flexibility index (Phi) is 6.87. The van der Waals surface area contributed by atoms with Gasteiger partial charge in [0.2, 0.25) is 0 Å². The van der Waals surface area contributed by atoms with Crippen LogP contribution in [0.15, 0.2) is 53.6 Å². The van der Waals surface area contributed by atoms with Crippen LogP contribution in [0, 0.1) is 6.92 Å². The van der Waals surface area contributed by atoms with Crippen LogP contribution in [0.1, 0.15) is 49.9 Å². The molecule has 1 heterocycles. The normalized spacial score (nSPS) is 15.9. The largest absolute Gasteiger partial charge is 0.497 e. The van der Waals surface area contributed by atoms with Crippen molar-refractivity contribution in [1.82, 2.24) is 15.2 Å². The second kappa shape index (κ2) is 9.42. The number of rotatable bonds is 5. The van der Waals surface area contributed by atoms with Gasteiger partial charge in [-0.15, -0.1) is 0 Å². The number of hydrogen-bond acceptors (Lipinski definition) is 4. The summed E-state index contributed by atoms with van der Waals surface area (Å²) in [6.45, 7) is 7.67. The predicted molar refractivity (Wildman–Crippen MR) is 126 cm³/mol. The highest BCUT2D eigenvalue weighted by Gasteiger charge is 2.34. The van der Waals surface area contributed by atoms with Gasteiger partial charge in [0, 0.05) is 24.6 Å². The summed E-state index contributed by atoms with van der Waals surface area (Å²) in [5, 5.41) is 9.08. The molecule has 3 rings (SSSR count). The third kappa shape index (κ3) is 5.66. The molecule has 1 atom stereocenters. The maximum absolute atomic E-state index is 13.2. The van der Waals surface area contributed by atoms with Gasteiger partial charge >= 0.3 is 6.03 Å². The van der Waals surface area contributed by atoms with Crippen LogP contribution in [0.25, 0.3) is 0 Å². The predicted octanol–water partition coefficient (Wildman–Crippen LogP) is 4.12. The molecule has 1 aliphatic rings. The van der Waals surface area contributed by atoms with Crippen molar-refractivity contribution >= 4 is 17.6 Å². The van der Waals surface area contributed by atoms with Crippen LogP contribution < -0.4 is 10.1 Å². The molecule has 7 heteroatoms. The Labute approximate surface area is 190 Å². The average molecular weight is 437 g/mol. The molecule has 2 aromatic rings. The lowest BCUT2D eigenvalue weighted by atomic mass is 9.97. The SMILES string of the molecule is COc1cccc(C2=NN(C(=O)CN(C)C(=O)NC(C)(C)C)[C@@H](c3ccc(C)cc3)C2)c1. The molecular weight excluding hydrogens is 404 g/mol. The summed E-state index contributed by atoms with van der Waals surface area (Å²) >= 11 is 0. The average Bonchev–Trinajstić information content (AvgIpc) is 3.18. The van der Waals surface area contributed by atoms with E-state index in [-0.39, 0.29) is 30.1 Å². The van der Waals surface area contributed by atoms with Gasteiger partial charge in [0.1, 0.15) is 12.3 Å². The van der Waals surface area contributed by atoms with Crippen molar-refractivity contribution < 1.29 is 14.3 Å². The van der Waals surface area contributed by atoms with Gasteiger partial charge in [-0.2, -0.15) is 5.10 Å². The molecule has 170 valence electrons. The number of amides is 3. The van der Waals surface area contributed by atoms with E-state index in [0.717, 1.165) is 28.2 Å². The van der Waals surface area contributed by atoms with E-state index in [0.29, 0.717) is 6.42 Å². The first-order valence-electron chi connectivity index (χ1n) is 10.7. The maximum Gasteiger partial charge on any atom is 0.318 e. The van der Waals surface area contributed by atoms with E-state index >= 15 is 0 Å². The van der Waals surface area contributed by atoms with Crippen molar-refractivity contribution in [3.8, 4) is 5.75 Å². The van der Waals surface area contributed by atoms with Crippen molar-refractivity contribution in [2.24, 2.45) is 5.10 Å². The highest BCUT2D eigenvalue weighted by atomic mass is 16.5. The van der Waals surface area contributed by atoms with Gasteiger partial charge in [0.05, 0.1) is 18.9 Å². The molecule has 0 aliphatic carbocycles. The first-order chi connectivity index (χ1) is 15.1. The number of hydrogen-bond donors (Lipinski definition) is 1. The number of aryl methyl sites for hydroxylation is 1. The summed E-state index contributed by atoms with van der Waals surface area (Å²) in [4.78, 5) is 27.1. The Hall–Kier alpha value is -3.35. The van der Waals surface area contributed by atoms with E-state index in [2.05, 4.69) is 10.4 Å². The Morgan fingerprint density at radius 3 is 2.50 bits per heavy atom. The molecule has 0 fully saturated rings. The van der Waals surface area contributed by atoms with Gasteiger partial charge in [0.25, 0.3) is 5.91 Å². The molecule has 0 radical (unpaired) electrons. The smallest absolute Gasteiger partial charge is 0.318 e. The van der Waals surface area contributed by atoms with Crippen molar-refractivity contribution in [2.75, 3.05) is 20.7 Å². The van der Waals surface area contributed by atoms with E-state index in [9.17, 15) is 9.59 Å². The molecule has 0 aromatic heterocycles. The molecule has 1 N–H and O–H groups in total. The number of methoxy groups -OCH3 is 1. The van der Waals surface area contributed by atoms with Crippen molar-refractivity contribution in [2.45, 2.75) is 45.7 Å². The lowest BCUT2D eigenvalue weighted by Gasteiger charge is -2.28. The molecule has 7 nitrogen and oxygen atoms in total. The number of carbonyl (C=O) groups excluding carboxylic acids is 2. The summed E-state index contributed by atoms with van der Waals surface area (Å²) in [6.07, 6.45) is 0.583. The number of urea groups is 1. The van der Waals surface area contributed by atoms with E-state index in [1.54, 1.807) is 14.2 Å². The van der Waals surface area contributed by atoms with Crippen molar-refractivity contribution in [3.05, 3.63) is 65.2 Å². The number of benzene rings is 2. The molecule has 0 unspecified atom stereocenters. The highest BCUT2D eigenvalue weighted by Crippen LogP contribution is 2.33. The molecular formula is C25H32N4O3. The minimum absolute atomic E-state index is 0.0703. The maximum atomic E-state index is 13.2. The molecule has 32 heavy (non-hydrogen) atoms. The fraction of sp³-hybridized carbons (Fsp3) is 0.400.